The van der Waals surface area contributed by atoms with Crippen molar-refractivity contribution in [3.05, 3.63) is 0 Å². The maximum Gasteiger partial charge on any atom is 0.151 e. The molecule has 1 aliphatic rings. The van der Waals surface area contributed by atoms with Crippen LogP contribution in [-0.4, -0.2) is 56.5 Å². The molecule has 0 radical (unpaired) electrons. The molecule has 0 aromatic heterocycles. The molecule has 1 heterocycles. The van der Waals surface area contributed by atoms with E-state index in [2.05, 4.69) is 37.9 Å². The summed E-state index contributed by atoms with van der Waals surface area (Å²) >= 11 is 0. The Bertz CT molecular complexity index is 395. The summed E-state index contributed by atoms with van der Waals surface area (Å²) in [6.45, 7) is 13.4. The van der Waals surface area contributed by atoms with Gasteiger partial charge in [0.25, 0.3) is 0 Å². The van der Waals surface area contributed by atoms with Gasteiger partial charge in [-0.3, -0.25) is 4.90 Å². The summed E-state index contributed by atoms with van der Waals surface area (Å²) in [6, 6.07) is 0.958. The van der Waals surface area contributed by atoms with Gasteiger partial charge in [-0.25, -0.2) is 8.42 Å². The molecular weight excluding hydrogens is 284 g/mol. The minimum absolute atomic E-state index is 0.252. The molecule has 3 atom stereocenters. The molecule has 0 amide bonds. The number of nitrogens with one attached hydrogen (secondary N) is 1. The second kappa shape index (κ2) is 8.49. The Morgan fingerprint density at radius 1 is 1.24 bits per heavy atom. The lowest BCUT2D eigenvalue weighted by Gasteiger charge is -2.43. The van der Waals surface area contributed by atoms with Gasteiger partial charge in [-0.1, -0.05) is 41.0 Å². The van der Waals surface area contributed by atoms with Crippen LogP contribution in [-0.2, 0) is 9.84 Å². The van der Waals surface area contributed by atoms with Crippen LogP contribution >= 0.6 is 0 Å². The van der Waals surface area contributed by atoms with Gasteiger partial charge in [0.15, 0.2) is 9.84 Å². The third-order valence-electron chi connectivity index (χ3n) is 4.73. The highest BCUT2D eigenvalue weighted by Gasteiger charge is 2.31. The first kappa shape index (κ1) is 18.9. The number of hydrogen-bond donors (Lipinski definition) is 1. The second-order valence-electron chi connectivity index (χ2n) is 6.92. The Morgan fingerprint density at radius 3 is 2.43 bits per heavy atom. The lowest BCUT2D eigenvalue weighted by Crippen LogP contribution is -2.59. The molecule has 0 aromatic carbocycles. The van der Waals surface area contributed by atoms with Crippen LogP contribution in [0, 0.1) is 11.8 Å². The van der Waals surface area contributed by atoms with Gasteiger partial charge in [0.2, 0.25) is 0 Å². The highest BCUT2D eigenvalue weighted by Crippen LogP contribution is 2.20. The molecule has 21 heavy (non-hydrogen) atoms. The van der Waals surface area contributed by atoms with E-state index in [0.29, 0.717) is 36.2 Å². The van der Waals surface area contributed by atoms with E-state index in [1.165, 1.54) is 0 Å². The fourth-order valence-electron chi connectivity index (χ4n) is 3.12. The summed E-state index contributed by atoms with van der Waals surface area (Å²) in [4.78, 5) is 2.42. The van der Waals surface area contributed by atoms with Crippen molar-refractivity contribution >= 4 is 9.84 Å². The smallest absolute Gasteiger partial charge is 0.151 e. The Morgan fingerprint density at radius 2 is 1.90 bits per heavy atom. The minimum atomic E-state index is -2.88. The van der Waals surface area contributed by atoms with Gasteiger partial charge in [0, 0.05) is 37.5 Å². The standard InChI is InChI=1S/C16H34N2O2S/c1-6-14(5)16-11-17-15(10-13(3)4)12-18(16)8-9-21(19,20)7-2/h13-17H,6-12H2,1-5H3. The van der Waals surface area contributed by atoms with Crippen LogP contribution in [0.4, 0.5) is 0 Å². The normalized spacial score (nSPS) is 26.2. The lowest BCUT2D eigenvalue weighted by atomic mass is 9.92. The molecule has 0 spiro atoms. The summed E-state index contributed by atoms with van der Waals surface area (Å²) in [7, 11) is -2.88. The Kier molecular flexibility index (Phi) is 7.65. The first-order valence-electron chi connectivity index (χ1n) is 8.46. The van der Waals surface area contributed by atoms with Gasteiger partial charge in [0.1, 0.15) is 0 Å². The van der Waals surface area contributed by atoms with Crippen molar-refractivity contribution in [2.45, 2.75) is 59.5 Å². The van der Waals surface area contributed by atoms with E-state index in [4.69, 9.17) is 0 Å². The number of rotatable bonds is 8. The number of piperazine rings is 1. The number of hydrogen-bond acceptors (Lipinski definition) is 4. The van der Waals surface area contributed by atoms with Gasteiger partial charge in [-0.2, -0.15) is 0 Å². The fourth-order valence-corrected chi connectivity index (χ4v) is 3.92. The lowest BCUT2D eigenvalue weighted by molar-refractivity contribution is 0.0918. The summed E-state index contributed by atoms with van der Waals surface area (Å²) in [6.07, 6.45) is 2.29. The quantitative estimate of drug-likeness (QED) is 0.745. The van der Waals surface area contributed by atoms with Crippen molar-refractivity contribution in [3.8, 4) is 0 Å². The average molecular weight is 319 g/mol. The van der Waals surface area contributed by atoms with E-state index in [-0.39, 0.29) is 5.75 Å². The first-order chi connectivity index (χ1) is 9.79. The van der Waals surface area contributed by atoms with Crippen molar-refractivity contribution in [1.82, 2.24) is 10.2 Å². The molecule has 1 fully saturated rings. The highest BCUT2D eigenvalue weighted by molar-refractivity contribution is 7.91. The SMILES string of the molecule is CCC(C)C1CNC(CC(C)C)CN1CCS(=O)(=O)CC. The van der Waals surface area contributed by atoms with Crippen LogP contribution in [0.25, 0.3) is 0 Å². The predicted octanol–water partition coefficient (Wildman–Crippen LogP) is 2.16. The molecule has 3 unspecified atom stereocenters. The summed E-state index contributed by atoms with van der Waals surface area (Å²) in [5.74, 6) is 1.82. The predicted molar refractivity (Wildman–Crippen MR) is 90.4 cm³/mol. The molecular formula is C16H34N2O2S. The monoisotopic (exact) mass is 318 g/mol. The zero-order valence-electron chi connectivity index (χ0n) is 14.4. The van der Waals surface area contributed by atoms with Crippen LogP contribution in [0.5, 0.6) is 0 Å². The molecule has 5 heteroatoms. The highest BCUT2D eigenvalue weighted by atomic mass is 32.2. The van der Waals surface area contributed by atoms with E-state index in [9.17, 15) is 8.42 Å². The number of nitrogens with zero attached hydrogens (tertiary/aromatic N) is 1. The van der Waals surface area contributed by atoms with Crippen molar-refractivity contribution in [1.29, 1.82) is 0 Å². The molecule has 0 aromatic rings. The van der Waals surface area contributed by atoms with Gasteiger partial charge in [-0.15, -0.1) is 0 Å². The van der Waals surface area contributed by atoms with Crippen molar-refractivity contribution in [2.24, 2.45) is 11.8 Å². The zero-order valence-corrected chi connectivity index (χ0v) is 15.2. The Hall–Kier alpha value is -0.130. The van der Waals surface area contributed by atoms with E-state index in [0.717, 1.165) is 25.9 Å². The number of sulfone groups is 1. The zero-order chi connectivity index (χ0) is 16.0. The summed E-state index contributed by atoms with van der Waals surface area (Å²) < 4.78 is 23.6. The van der Waals surface area contributed by atoms with Crippen LogP contribution < -0.4 is 5.32 Å². The van der Waals surface area contributed by atoms with Crippen LogP contribution in [0.1, 0.15) is 47.5 Å². The van der Waals surface area contributed by atoms with E-state index in [1.54, 1.807) is 6.92 Å². The summed E-state index contributed by atoms with van der Waals surface area (Å²) in [5.41, 5.74) is 0. The van der Waals surface area contributed by atoms with E-state index < -0.39 is 9.84 Å². The minimum Gasteiger partial charge on any atom is -0.311 e. The van der Waals surface area contributed by atoms with Gasteiger partial charge >= 0.3 is 0 Å². The molecule has 1 aliphatic heterocycles. The molecule has 0 saturated carbocycles. The first-order valence-corrected chi connectivity index (χ1v) is 10.3. The third-order valence-corrected chi connectivity index (χ3v) is 6.41. The molecule has 1 saturated heterocycles. The van der Waals surface area contributed by atoms with Gasteiger partial charge < -0.3 is 5.32 Å². The molecule has 4 nitrogen and oxygen atoms in total. The maximum absolute atomic E-state index is 11.8. The Balaban J connectivity index is 2.69. The third kappa shape index (κ3) is 6.25. The van der Waals surface area contributed by atoms with Crippen LogP contribution in [0.3, 0.4) is 0 Å². The second-order valence-corrected chi connectivity index (χ2v) is 9.39. The Labute approximate surface area is 131 Å². The maximum atomic E-state index is 11.8. The van der Waals surface area contributed by atoms with Gasteiger partial charge in [0.05, 0.1) is 5.75 Å². The summed E-state index contributed by atoms with van der Waals surface area (Å²) in [5, 5.41) is 3.67. The molecule has 126 valence electrons. The molecule has 1 rings (SSSR count). The fraction of sp³-hybridized carbons (Fsp3) is 1.00. The van der Waals surface area contributed by atoms with Crippen molar-refractivity contribution in [2.75, 3.05) is 31.1 Å². The van der Waals surface area contributed by atoms with Crippen LogP contribution in [0.15, 0.2) is 0 Å². The van der Waals surface area contributed by atoms with Crippen LogP contribution in [0.2, 0.25) is 0 Å². The van der Waals surface area contributed by atoms with Crippen molar-refractivity contribution < 1.29 is 8.42 Å². The van der Waals surface area contributed by atoms with E-state index >= 15 is 0 Å². The molecule has 0 aliphatic carbocycles. The van der Waals surface area contributed by atoms with E-state index in [1.807, 2.05) is 0 Å². The largest absolute Gasteiger partial charge is 0.311 e. The molecule has 0 bridgehead atoms. The van der Waals surface area contributed by atoms with Gasteiger partial charge in [-0.05, 0) is 18.3 Å². The molecule has 1 N–H and O–H groups in total. The topological polar surface area (TPSA) is 49.4 Å². The average Bonchev–Trinajstić information content (AvgIpc) is 2.44. The van der Waals surface area contributed by atoms with Crippen molar-refractivity contribution in [3.63, 3.8) is 0 Å².